The van der Waals surface area contributed by atoms with Crippen molar-refractivity contribution in [1.29, 1.82) is 5.26 Å². The summed E-state index contributed by atoms with van der Waals surface area (Å²) >= 11 is 0. The number of aromatic nitrogens is 1. The average molecular weight is 337 g/mol. The monoisotopic (exact) mass is 337 g/mol. The van der Waals surface area contributed by atoms with Crippen LogP contribution >= 0.6 is 0 Å². The van der Waals surface area contributed by atoms with E-state index in [1.165, 1.54) is 6.92 Å². The minimum atomic E-state index is -4.50. The lowest BCUT2D eigenvalue weighted by atomic mass is 10.1. The summed E-state index contributed by atoms with van der Waals surface area (Å²) in [4.78, 5) is 12.0. The highest BCUT2D eigenvalue weighted by molar-refractivity contribution is 6.11. The van der Waals surface area contributed by atoms with Gasteiger partial charge in [-0.05, 0) is 31.2 Å². The van der Waals surface area contributed by atoms with E-state index in [-0.39, 0.29) is 17.0 Å². The van der Waals surface area contributed by atoms with E-state index in [1.54, 1.807) is 6.07 Å². The number of aliphatic hydroxyl groups excluding tert-OH is 1. The number of nitrogens with one attached hydrogen (secondary N) is 1. The van der Waals surface area contributed by atoms with Crippen molar-refractivity contribution in [2.24, 2.45) is 0 Å². The first-order valence-corrected chi connectivity index (χ1v) is 6.47. The smallest absolute Gasteiger partial charge is 0.416 e. The lowest BCUT2D eigenvalue weighted by Crippen LogP contribution is -2.15. The summed E-state index contributed by atoms with van der Waals surface area (Å²) in [6, 6.07) is 5.19. The maximum Gasteiger partial charge on any atom is 0.416 e. The first-order chi connectivity index (χ1) is 11.2. The normalized spacial score (nSPS) is 12.3. The van der Waals surface area contributed by atoms with Crippen LogP contribution in [0, 0.1) is 18.3 Å². The Bertz CT molecular complexity index is 830. The lowest BCUT2D eigenvalue weighted by Gasteiger charge is -2.09. The maximum absolute atomic E-state index is 12.5. The third kappa shape index (κ3) is 3.55. The van der Waals surface area contributed by atoms with Crippen LogP contribution in [0.1, 0.15) is 16.9 Å². The van der Waals surface area contributed by atoms with Crippen molar-refractivity contribution < 1.29 is 27.6 Å². The summed E-state index contributed by atoms with van der Waals surface area (Å²) in [6.07, 6.45) is -3.36. The number of rotatable bonds is 3. The van der Waals surface area contributed by atoms with E-state index in [0.29, 0.717) is 0 Å². The lowest BCUT2D eigenvalue weighted by molar-refractivity contribution is -0.137. The molecule has 0 aliphatic rings. The van der Waals surface area contributed by atoms with E-state index >= 15 is 0 Å². The fourth-order valence-electron chi connectivity index (χ4n) is 1.81. The zero-order chi connectivity index (χ0) is 17.9. The predicted octanol–water partition coefficient (Wildman–Crippen LogP) is 3.43. The van der Waals surface area contributed by atoms with Crippen molar-refractivity contribution in [3.8, 4) is 6.07 Å². The van der Waals surface area contributed by atoms with Gasteiger partial charge in [0, 0.05) is 5.69 Å². The van der Waals surface area contributed by atoms with E-state index in [4.69, 9.17) is 9.78 Å². The van der Waals surface area contributed by atoms with Crippen LogP contribution in [0.4, 0.5) is 18.9 Å². The molecule has 6 nitrogen and oxygen atoms in total. The van der Waals surface area contributed by atoms with Crippen molar-refractivity contribution in [1.82, 2.24) is 5.16 Å². The number of benzene rings is 1. The SMILES string of the molecule is Cc1oncc1/C(O)=C(\C#N)C(=O)Nc1ccc(C(F)(F)F)cc1. The van der Waals surface area contributed by atoms with Crippen LogP contribution in [0.25, 0.3) is 5.76 Å². The summed E-state index contributed by atoms with van der Waals surface area (Å²) < 4.78 is 42.2. The topological polar surface area (TPSA) is 99.2 Å². The van der Waals surface area contributed by atoms with E-state index < -0.39 is 29.0 Å². The quantitative estimate of drug-likeness (QED) is 0.508. The molecule has 0 saturated heterocycles. The van der Waals surface area contributed by atoms with Crippen LogP contribution in [-0.4, -0.2) is 16.2 Å². The summed E-state index contributed by atoms with van der Waals surface area (Å²) in [6.45, 7) is 1.47. The van der Waals surface area contributed by atoms with Crippen LogP contribution in [-0.2, 0) is 11.0 Å². The molecule has 1 amide bonds. The van der Waals surface area contributed by atoms with Gasteiger partial charge in [0.05, 0.1) is 17.3 Å². The van der Waals surface area contributed by atoms with Crippen LogP contribution < -0.4 is 5.32 Å². The number of hydrogen-bond donors (Lipinski definition) is 2. The van der Waals surface area contributed by atoms with Crippen molar-refractivity contribution >= 4 is 17.4 Å². The molecule has 2 aromatic rings. The van der Waals surface area contributed by atoms with Gasteiger partial charge in [-0.15, -0.1) is 0 Å². The second-order valence-electron chi connectivity index (χ2n) is 4.66. The van der Waals surface area contributed by atoms with Gasteiger partial charge in [0.1, 0.15) is 11.8 Å². The number of aliphatic hydroxyl groups is 1. The Kier molecular flexibility index (Phi) is 4.59. The Balaban J connectivity index is 2.25. The minimum Gasteiger partial charge on any atom is -0.506 e. The van der Waals surface area contributed by atoms with Crippen LogP contribution in [0.3, 0.4) is 0 Å². The number of amides is 1. The summed E-state index contributed by atoms with van der Waals surface area (Å²) in [5.74, 6) is -1.42. The highest BCUT2D eigenvalue weighted by atomic mass is 19.4. The molecule has 0 bridgehead atoms. The van der Waals surface area contributed by atoms with Gasteiger partial charge in [-0.2, -0.15) is 18.4 Å². The molecule has 2 N–H and O–H groups in total. The van der Waals surface area contributed by atoms with E-state index in [1.807, 2.05) is 0 Å². The largest absolute Gasteiger partial charge is 0.506 e. The molecule has 0 atom stereocenters. The molecular weight excluding hydrogens is 327 g/mol. The molecule has 0 radical (unpaired) electrons. The number of nitrogens with zero attached hydrogens (tertiary/aromatic N) is 2. The molecule has 0 unspecified atom stereocenters. The number of nitriles is 1. The molecule has 1 aromatic heterocycles. The molecule has 1 heterocycles. The molecule has 9 heteroatoms. The molecule has 1 aromatic carbocycles. The number of anilines is 1. The molecule has 0 fully saturated rings. The highest BCUT2D eigenvalue weighted by Crippen LogP contribution is 2.30. The van der Waals surface area contributed by atoms with Crippen LogP contribution in [0.2, 0.25) is 0 Å². The zero-order valence-electron chi connectivity index (χ0n) is 12.2. The second kappa shape index (κ2) is 6.45. The van der Waals surface area contributed by atoms with Crippen LogP contribution in [0.15, 0.2) is 40.6 Å². The summed E-state index contributed by atoms with van der Waals surface area (Å²) in [5.41, 5.74) is -1.40. The average Bonchev–Trinajstić information content (AvgIpc) is 2.93. The van der Waals surface area contributed by atoms with Crippen molar-refractivity contribution in [2.75, 3.05) is 5.32 Å². The fraction of sp³-hybridized carbons (Fsp3) is 0.133. The van der Waals surface area contributed by atoms with Crippen molar-refractivity contribution in [3.05, 3.63) is 52.9 Å². The van der Waals surface area contributed by atoms with Gasteiger partial charge in [0.25, 0.3) is 5.91 Å². The first-order valence-electron chi connectivity index (χ1n) is 6.47. The first kappa shape index (κ1) is 17.1. The number of carbonyl (C=O) groups excluding carboxylic acids is 1. The third-order valence-corrected chi connectivity index (χ3v) is 3.05. The highest BCUT2D eigenvalue weighted by Gasteiger charge is 2.30. The summed E-state index contributed by atoms with van der Waals surface area (Å²) in [5, 5.41) is 24.7. The summed E-state index contributed by atoms with van der Waals surface area (Å²) in [7, 11) is 0. The number of carbonyl (C=O) groups is 1. The van der Waals surface area contributed by atoms with Gasteiger partial charge in [-0.25, -0.2) is 0 Å². The molecule has 24 heavy (non-hydrogen) atoms. The molecule has 2 rings (SSSR count). The number of halogens is 3. The zero-order valence-corrected chi connectivity index (χ0v) is 12.2. The van der Waals surface area contributed by atoms with Gasteiger partial charge >= 0.3 is 6.18 Å². The van der Waals surface area contributed by atoms with Gasteiger partial charge < -0.3 is 14.9 Å². The number of alkyl halides is 3. The van der Waals surface area contributed by atoms with E-state index in [0.717, 1.165) is 30.5 Å². The Morgan fingerprint density at radius 1 is 1.33 bits per heavy atom. The molecule has 0 aliphatic carbocycles. The molecular formula is C15H10F3N3O3. The Morgan fingerprint density at radius 2 is 1.96 bits per heavy atom. The van der Waals surface area contributed by atoms with Crippen molar-refractivity contribution in [3.63, 3.8) is 0 Å². The fourth-order valence-corrected chi connectivity index (χ4v) is 1.81. The maximum atomic E-state index is 12.5. The number of hydrogen-bond acceptors (Lipinski definition) is 5. The van der Waals surface area contributed by atoms with Gasteiger partial charge in [0.2, 0.25) is 0 Å². The molecule has 124 valence electrons. The molecule has 0 saturated carbocycles. The number of aryl methyl sites for hydroxylation is 1. The van der Waals surface area contributed by atoms with E-state index in [9.17, 15) is 23.1 Å². The third-order valence-electron chi connectivity index (χ3n) is 3.05. The van der Waals surface area contributed by atoms with Crippen LogP contribution in [0.5, 0.6) is 0 Å². The Morgan fingerprint density at radius 3 is 2.42 bits per heavy atom. The minimum absolute atomic E-state index is 0.0376. The Labute approximate surface area is 133 Å². The molecule has 0 spiro atoms. The van der Waals surface area contributed by atoms with E-state index in [2.05, 4.69) is 10.5 Å². The van der Waals surface area contributed by atoms with Gasteiger partial charge in [-0.3, -0.25) is 4.79 Å². The Hall–Kier alpha value is -3.28. The molecule has 0 aliphatic heterocycles. The van der Waals surface area contributed by atoms with Gasteiger partial charge in [0.15, 0.2) is 11.3 Å². The van der Waals surface area contributed by atoms with Gasteiger partial charge in [-0.1, -0.05) is 5.16 Å². The van der Waals surface area contributed by atoms with Crippen molar-refractivity contribution in [2.45, 2.75) is 13.1 Å². The second-order valence-corrected chi connectivity index (χ2v) is 4.66. The standard InChI is InChI=1S/C15H10F3N3O3/c1-8-12(7-20-24-8)13(22)11(6-19)14(23)21-10-4-2-9(3-5-10)15(16,17)18/h2-5,7,22H,1H3,(H,21,23)/b13-11-. The predicted molar refractivity (Wildman–Crippen MR) is 76.5 cm³/mol.